The zero-order valence-electron chi connectivity index (χ0n) is 11.1. The predicted molar refractivity (Wildman–Crippen MR) is 82.7 cm³/mol. The van der Waals surface area contributed by atoms with Crippen molar-refractivity contribution in [3.63, 3.8) is 0 Å². The molecule has 1 unspecified atom stereocenters. The van der Waals surface area contributed by atoms with Crippen LogP contribution in [0.15, 0.2) is 61.2 Å². The van der Waals surface area contributed by atoms with Crippen molar-refractivity contribution in [2.24, 2.45) is 0 Å². The van der Waals surface area contributed by atoms with Gasteiger partial charge < -0.3 is 10.6 Å². The third-order valence-electron chi connectivity index (χ3n) is 3.45. The van der Waals surface area contributed by atoms with Crippen molar-refractivity contribution < 1.29 is 4.79 Å². The molecular weight excluding hydrogens is 248 g/mol. The Bertz CT molecular complexity index is 664. The first-order valence-corrected chi connectivity index (χ1v) is 6.66. The summed E-state index contributed by atoms with van der Waals surface area (Å²) in [6.45, 7) is 3.72. The molecule has 2 N–H and O–H groups in total. The van der Waals surface area contributed by atoms with E-state index in [1.165, 1.54) is 0 Å². The number of hydrogen-bond donors (Lipinski definition) is 2. The average Bonchev–Trinajstić information content (AvgIpc) is 2.47. The molecule has 1 aliphatic rings. The number of amides is 1. The Morgan fingerprint density at radius 1 is 1.00 bits per heavy atom. The molecule has 1 heterocycles. The molecule has 2 aromatic rings. The van der Waals surface area contributed by atoms with Crippen LogP contribution < -0.4 is 10.6 Å². The molecule has 0 aliphatic carbocycles. The quantitative estimate of drug-likeness (QED) is 0.813. The molecule has 0 radical (unpaired) electrons. The first kappa shape index (κ1) is 12.5. The second kappa shape index (κ2) is 5.21. The molecule has 0 spiro atoms. The molecule has 1 aliphatic heterocycles. The molecule has 0 bridgehead atoms. The van der Waals surface area contributed by atoms with Crippen molar-refractivity contribution in [2.75, 3.05) is 10.6 Å². The smallest absolute Gasteiger partial charge is 0.247 e. The fourth-order valence-corrected chi connectivity index (χ4v) is 2.48. The van der Waals surface area contributed by atoms with Crippen LogP contribution in [0.2, 0.25) is 0 Å². The van der Waals surface area contributed by atoms with E-state index in [0.29, 0.717) is 6.42 Å². The van der Waals surface area contributed by atoms with Crippen LogP contribution in [0.3, 0.4) is 0 Å². The minimum Gasteiger partial charge on any atom is -0.373 e. The van der Waals surface area contributed by atoms with Crippen molar-refractivity contribution in [1.29, 1.82) is 0 Å². The molecule has 1 amide bonds. The Hall–Kier alpha value is -2.55. The summed E-state index contributed by atoms with van der Waals surface area (Å²) in [5.41, 5.74) is 3.94. The topological polar surface area (TPSA) is 41.1 Å². The Kier molecular flexibility index (Phi) is 3.25. The first-order chi connectivity index (χ1) is 9.79. The number of nitrogens with one attached hydrogen (secondary N) is 2. The predicted octanol–water partition coefficient (Wildman–Crippen LogP) is 3.66. The molecule has 2 aromatic carbocycles. The zero-order valence-corrected chi connectivity index (χ0v) is 11.1. The third kappa shape index (κ3) is 2.18. The van der Waals surface area contributed by atoms with Gasteiger partial charge in [0, 0.05) is 22.5 Å². The van der Waals surface area contributed by atoms with Crippen molar-refractivity contribution in [3.8, 4) is 11.1 Å². The van der Waals surface area contributed by atoms with Crippen LogP contribution in [0.25, 0.3) is 11.1 Å². The normalized spacial score (nSPS) is 16.8. The number of benzene rings is 2. The maximum absolute atomic E-state index is 12.3. The maximum Gasteiger partial charge on any atom is 0.247 e. The highest BCUT2D eigenvalue weighted by atomic mass is 16.2. The van der Waals surface area contributed by atoms with Crippen LogP contribution in [-0.4, -0.2) is 11.9 Å². The van der Waals surface area contributed by atoms with E-state index in [1.807, 2.05) is 42.5 Å². The van der Waals surface area contributed by atoms with E-state index in [0.717, 1.165) is 22.5 Å². The Morgan fingerprint density at radius 3 is 2.30 bits per heavy atom. The number of rotatable bonds is 2. The van der Waals surface area contributed by atoms with Gasteiger partial charge in [-0.15, -0.1) is 6.58 Å². The van der Waals surface area contributed by atoms with Gasteiger partial charge in [-0.3, -0.25) is 4.79 Å². The van der Waals surface area contributed by atoms with E-state index < -0.39 is 0 Å². The van der Waals surface area contributed by atoms with E-state index in [4.69, 9.17) is 0 Å². The van der Waals surface area contributed by atoms with Crippen molar-refractivity contribution in [3.05, 3.63) is 61.2 Å². The highest BCUT2D eigenvalue weighted by Gasteiger charge is 2.22. The minimum absolute atomic E-state index is 0.0353. The van der Waals surface area contributed by atoms with Gasteiger partial charge in [-0.05, 0) is 18.6 Å². The number of para-hydroxylation sites is 2. The number of fused-ring (bicyclic) bond motifs is 3. The highest BCUT2D eigenvalue weighted by molar-refractivity contribution is 6.03. The van der Waals surface area contributed by atoms with Gasteiger partial charge in [0.15, 0.2) is 0 Å². The Balaban J connectivity index is 2.15. The molecule has 3 rings (SSSR count). The third-order valence-corrected chi connectivity index (χ3v) is 3.45. The summed E-state index contributed by atoms with van der Waals surface area (Å²) in [5.74, 6) is -0.0353. The summed E-state index contributed by atoms with van der Waals surface area (Å²) >= 11 is 0. The maximum atomic E-state index is 12.3. The summed E-state index contributed by atoms with van der Waals surface area (Å²) in [6.07, 6.45) is 2.34. The monoisotopic (exact) mass is 264 g/mol. The second-order valence-corrected chi connectivity index (χ2v) is 4.80. The zero-order chi connectivity index (χ0) is 13.9. The molecular formula is C17H16N2O. The molecule has 0 saturated heterocycles. The summed E-state index contributed by atoms with van der Waals surface area (Å²) in [7, 11) is 0. The summed E-state index contributed by atoms with van der Waals surface area (Å²) in [6, 6.07) is 15.6. The lowest BCUT2D eigenvalue weighted by molar-refractivity contribution is -0.116. The van der Waals surface area contributed by atoms with Gasteiger partial charge in [0.05, 0.1) is 0 Å². The van der Waals surface area contributed by atoms with Gasteiger partial charge in [0.25, 0.3) is 0 Å². The van der Waals surface area contributed by atoms with Crippen LogP contribution in [0, 0.1) is 0 Å². The standard InChI is InChI=1S/C17H16N2O/c1-2-7-16-17(20)19-15-11-6-4-9-13(15)12-8-3-5-10-14(12)18-16/h2-6,8-11,16,18H,1,7H2,(H,19,20). The molecule has 0 saturated carbocycles. The van der Waals surface area contributed by atoms with E-state index in [1.54, 1.807) is 6.08 Å². The Morgan fingerprint density at radius 2 is 1.60 bits per heavy atom. The molecule has 20 heavy (non-hydrogen) atoms. The lowest BCUT2D eigenvalue weighted by Crippen LogP contribution is -2.35. The summed E-state index contributed by atoms with van der Waals surface area (Å²) in [5, 5.41) is 6.30. The van der Waals surface area contributed by atoms with Gasteiger partial charge in [-0.25, -0.2) is 0 Å². The van der Waals surface area contributed by atoms with Gasteiger partial charge in [-0.1, -0.05) is 42.5 Å². The van der Waals surface area contributed by atoms with E-state index in [2.05, 4.69) is 23.3 Å². The number of carbonyl (C=O) groups is 1. The van der Waals surface area contributed by atoms with Gasteiger partial charge in [0.2, 0.25) is 5.91 Å². The van der Waals surface area contributed by atoms with E-state index in [9.17, 15) is 4.79 Å². The van der Waals surface area contributed by atoms with Crippen LogP contribution in [0.5, 0.6) is 0 Å². The largest absolute Gasteiger partial charge is 0.373 e. The van der Waals surface area contributed by atoms with E-state index in [-0.39, 0.29) is 11.9 Å². The molecule has 100 valence electrons. The second-order valence-electron chi connectivity index (χ2n) is 4.80. The first-order valence-electron chi connectivity index (χ1n) is 6.66. The van der Waals surface area contributed by atoms with Crippen LogP contribution >= 0.6 is 0 Å². The van der Waals surface area contributed by atoms with Crippen LogP contribution in [0.4, 0.5) is 11.4 Å². The lowest BCUT2D eigenvalue weighted by atomic mass is 9.99. The molecule has 0 aromatic heterocycles. The number of carbonyl (C=O) groups excluding carboxylic acids is 1. The fraction of sp³-hybridized carbons (Fsp3) is 0.118. The number of hydrogen-bond acceptors (Lipinski definition) is 2. The van der Waals surface area contributed by atoms with Crippen LogP contribution in [-0.2, 0) is 4.79 Å². The van der Waals surface area contributed by atoms with Crippen molar-refractivity contribution in [2.45, 2.75) is 12.5 Å². The molecule has 3 heteroatoms. The van der Waals surface area contributed by atoms with E-state index >= 15 is 0 Å². The lowest BCUT2D eigenvalue weighted by Gasteiger charge is -2.25. The molecule has 0 fully saturated rings. The molecule has 1 atom stereocenters. The van der Waals surface area contributed by atoms with Gasteiger partial charge in [0.1, 0.15) is 6.04 Å². The summed E-state index contributed by atoms with van der Waals surface area (Å²) < 4.78 is 0. The van der Waals surface area contributed by atoms with Gasteiger partial charge >= 0.3 is 0 Å². The number of anilines is 2. The minimum atomic E-state index is -0.304. The average molecular weight is 264 g/mol. The van der Waals surface area contributed by atoms with Gasteiger partial charge in [-0.2, -0.15) is 0 Å². The molecule has 3 nitrogen and oxygen atoms in total. The Labute approximate surface area is 118 Å². The van der Waals surface area contributed by atoms with Crippen molar-refractivity contribution in [1.82, 2.24) is 0 Å². The SMILES string of the molecule is C=CCC1Nc2ccccc2-c2ccccc2NC1=O. The van der Waals surface area contributed by atoms with Crippen LogP contribution in [0.1, 0.15) is 6.42 Å². The summed E-state index contributed by atoms with van der Waals surface area (Å²) in [4.78, 5) is 12.3. The fourth-order valence-electron chi connectivity index (χ4n) is 2.48. The van der Waals surface area contributed by atoms with Crippen molar-refractivity contribution >= 4 is 17.3 Å². The highest BCUT2D eigenvalue weighted by Crippen LogP contribution is 2.35.